The number of aliphatic imine (C=N–C) groups is 1. The van der Waals surface area contributed by atoms with Gasteiger partial charge in [-0.1, -0.05) is 24.3 Å². The van der Waals surface area contributed by atoms with Crippen molar-refractivity contribution in [2.45, 2.75) is 0 Å². The topological polar surface area (TPSA) is 55.0 Å². The van der Waals surface area contributed by atoms with Crippen LogP contribution in [0.25, 0.3) is 22.1 Å². The van der Waals surface area contributed by atoms with Crippen molar-refractivity contribution < 1.29 is 14.3 Å². The van der Waals surface area contributed by atoms with Crippen LogP contribution in [0.1, 0.15) is 4.88 Å². The number of benzene rings is 2. The lowest BCUT2D eigenvalue weighted by Gasteiger charge is -2.04. The average Bonchev–Trinajstić information content (AvgIpc) is 3.28. The maximum Gasteiger partial charge on any atom is 0.228 e. The predicted molar refractivity (Wildman–Crippen MR) is 101 cm³/mol. The summed E-state index contributed by atoms with van der Waals surface area (Å²) in [4.78, 5) is 5.56. The molecule has 0 fully saturated rings. The highest BCUT2D eigenvalue weighted by atomic mass is 32.1. The van der Waals surface area contributed by atoms with Gasteiger partial charge in [0.05, 0.1) is 18.1 Å². The molecule has 0 bridgehead atoms. The molecule has 0 unspecified atom stereocenters. The van der Waals surface area contributed by atoms with E-state index in [1.165, 1.54) is 0 Å². The third-order valence-electron chi connectivity index (χ3n) is 3.91. The van der Waals surface area contributed by atoms with Gasteiger partial charge in [-0.2, -0.15) is 0 Å². The second kappa shape index (κ2) is 6.45. The standard InChI is InChI=1S/C20H15NO3S/c1-23-14-9-7-13(8-10-14)18-19-16(22)5-2-6-17(19)24-20(18)21-12-15-4-3-11-25-15/h2-12,22H,1H3. The fourth-order valence-corrected chi connectivity index (χ4v) is 3.31. The van der Waals surface area contributed by atoms with E-state index < -0.39 is 0 Å². The highest BCUT2D eigenvalue weighted by Gasteiger charge is 2.18. The van der Waals surface area contributed by atoms with Crippen LogP contribution in [0, 0.1) is 0 Å². The fraction of sp³-hybridized carbons (Fsp3) is 0.0500. The zero-order chi connectivity index (χ0) is 17.2. The quantitative estimate of drug-likeness (QED) is 0.486. The van der Waals surface area contributed by atoms with E-state index >= 15 is 0 Å². The minimum atomic E-state index is 0.171. The molecular weight excluding hydrogens is 334 g/mol. The predicted octanol–water partition coefficient (Wildman–Crippen LogP) is 5.63. The molecule has 0 saturated carbocycles. The Hall–Kier alpha value is -3.05. The third kappa shape index (κ3) is 2.90. The van der Waals surface area contributed by atoms with Crippen molar-refractivity contribution in [3.63, 3.8) is 0 Å². The van der Waals surface area contributed by atoms with Crippen LogP contribution in [-0.4, -0.2) is 18.4 Å². The summed E-state index contributed by atoms with van der Waals surface area (Å²) in [7, 11) is 1.63. The highest BCUT2D eigenvalue weighted by molar-refractivity contribution is 7.11. The minimum absolute atomic E-state index is 0.171. The number of fused-ring (bicyclic) bond motifs is 1. The van der Waals surface area contributed by atoms with E-state index in [0.717, 1.165) is 21.8 Å². The Balaban J connectivity index is 1.90. The van der Waals surface area contributed by atoms with Gasteiger partial charge in [0.1, 0.15) is 17.1 Å². The molecule has 0 aliphatic rings. The lowest BCUT2D eigenvalue weighted by molar-refractivity contribution is 0.415. The smallest absolute Gasteiger partial charge is 0.228 e. The van der Waals surface area contributed by atoms with Gasteiger partial charge in [-0.15, -0.1) is 11.3 Å². The number of aromatic hydroxyl groups is 1. The van der Waals surface area contributed by atoms with E-state index in [1.54, 1.807) is 36.8 Å². The number of phenols is 1. The molecular formula is C20H15NO3S. The Kier molecular flexibility index (Phi) is 3.99. The largest absolute Gasteiger partial charge is 0.507 e. The molecule has 2 aromatic carbocycles. The Morgan fingerprint density at radius 1 is 1.08 bits per heavy atom. The molecule has 1 N–H and O–H groups in total. The lowest BCUT2D eigenvalue weighted by atomic mass is 10.0. The summed E-state index contributed by atoms with van der Waals surface area (Å²) in [5.41, 5.74) is 2.27. The van der Waals surface area contributed by atoms with E-state index in [4.69, 9.17) is 9.15 Å². The number of rotatable bonds is 4. The minimum Gasteiger partial charge on any atom is -0.507 e. The van der Waals surface area contributed by atoms with Crippen molar-refractivity contribution in [1.29, 1.82) is 0 Å². The van der Waals surface area contributed by atoms with Crippen molar-refractivity contribution in [3.05, 3.63) is 64.9 Å². The van der Waals surface area contributed by atoms with Crippen LogP contribution in [0.2, 0.25) is 0 Å². The summed E-state index contributed by atoms with van der Waals surface area (Å²) in [5, 5.41) is 13.0. The molecule has 4 rings (SSSR count). The molecule has 0 amide bonds. The van der Waals surface area contributed by atoms with Crippen LogP contribution in [0.3, 0.4) is 0 Å². The van der Waals surface area contributed by atoms with Gasteiger partial charge in [0, 0.05) is 11.1 Å². The van der Waals surface area contributed by atoms with Gasteiger partial charge in [0.25, 0.3) is 0 Å². The first-order valence-electron chi connectivity index (χ1n) is 7.73. The first-order valence-corrected chi connectivity index (χ1v) is 8.60. The van der Waals surface area contributed by atoms with E-state index in [-0.39, 0.29) is 5.75 Å². The molecule has 0 atom stereocenters. The fourth-order valence-electron chi connectivity index (χ4n) is 2.72. The van der Waals surface area contributed by atoms with E-state index in [0.29, 0.717) is 16.9 Å². The Labute approximate surface area is 148 Å². The summed E-state index contributed by atoms with van der Waals surface area (Å²) in [6.07, 6.45) is 1.77. The number of hydrogen-bond donors (Lipinski definition) is 1. The zero-order valence-electron chi connectivity index (χ0n) is 13.5. The molecule has 0 aliphatic carbocycles. The second-order valence-corrected chi connectivity index (χ2v) is 6.41. The molecule has 4 nitrogen and oxygen atoms in total. The summed E-state index contributed by atoms with van der Waals surface area (Å²) in [6.45, 7) is 0. The Morgan fingerprint density at radius 3 is 2.64 bits per heavy atom. The third-order valence-corrected chi connectivity index (χ3v) is 4.71. The molecule has 0 spiro atoms. The van der Waals surface area contributed by atoms with Crippen LogP contribution in [0.4, 0.5) is 5.88 Å². The molecule has 2 aromatic heterocycles. The molecule has 5 heteroatoms. The number of thiophene rings is 1. The molecule has 0 saturated heterocycles. The van der Waals surface area contributed by atoms with Crippen LogP contribution < -0.4 is 4.74 Å². The van der Waals surface area contributed by atoms with E-state index in [1.807, 2.05) is 47.8 Å². The van der Waals surface area contributed by atoms with Gasteiger partial charge >= 0.3 is 0 Å². The number of furan rings is 1. The molecule has 0 aliphatic heterocycles. The number of hydrogen-bond acceptors (Lipinski definition) is 5. The van der Waals surface area contributed by atoms with Crippen molar-refractivity contribution in [3.8, 4) is 22.6 Å². The lowest BCUT2D eigenvalue weighted by Crippen LogP contribution is -1.83. The zero-order valence-corrected chi connectivity index (χ0v) is 14.3. The van der Waals surface area contributed by atoms with Crippen molar-refractivity contribution in [1.82, 2.24) is 0 Å². The summed E-state index contributed by atoms with van der Waals surface area (Å²) in [6, 6.07) is 16.8. The maximum atomic E-state index is 10.3. The first-order chi connectivity index (χ1) is 12.3. The first kappa shape index (κ1) is 15.5. The molecule has 124 valence electrons. The number of ether oxygens (including phenoxy) is 1. The second-order valence-electron chi connectivity index (χ2n) is 5.43. The number of methoxy groups -OCH3 is 1. The Morgan fingerprint density at radius 2 is 1.92 bits per heavy atom. The average molecular weight is 349 g/mol. The van der Waals surface area contributed by atoms with Crippen molar-refractivity contribution in [2.24, 2.45) is 4.99 Å². The summed E-state index contributed by atoms with van der Waals surface area (Å²) >= 11 is 1.60. The van der Waals surface area contributed by atoms with Crippen molar-refractivity contribution in [2.75, 3.05) is 7.11 Å². The summed E-state index contributed by atoms with van der Waals surface area (Å²) < 4.78 is 11.1. The van der Waals surface area contributed by atoms with Gasteiger partial charge in [0.15, 0.2) is 0 Å². The van der Waals surface area contributed by atoms with Gasteiger partial charge in [-0.25, -0.2) is 4.99 Å². The maximum absolute atomic E-state index is 10.3. The molecule has 2 heterocycles. The SMILES string of the molecule is COc1ccc(-c2c(N=Cc3cccs3)oc3cccc(O)c23)cc1. The van der Waals surface area contributed by atoms with Crippen LogP contribution in [0.15, 0.2) is 69.4 Å². The Bertz CT molecular complexity index is 1030. The van der Waals surface area contributed by atoms with Gasteiger partial charge in [-0.05, 0) is 41.3 Å². The molecule has 25 heavy (non-hydrogen) atoms. The summed E-state index contributed by atoms with van der Waals surface area (Å²) in [5.74, 6) is 1.41. The van der Waals surface area contributed by atoms with E-state index in [9.17, 15) is 5.11 Å². The van der Waals surface area contributed by atoms with Gasteiger partial charge in [0.2, 0.25) is 5.88 Å². The number of nitrogens with zero attached hydrogens (tertiary/aromatic N) is 1. The van der Waals surface area contributed by atoms with Crippen molar-refractivity contribution >= 4 is 34.4 Å². The van der Waals surface area contributed by atoms with Gasteiger partial charge in [-0.3, -0.25) is 0 Å². The monoisotopic (exact) mass is 349 g/mol. The van der Waals surface area contributed by atoms with Crippen LogP contribution in [0.5, 0.6) is 11.5 Å². The van der Waals surface area contributed by atoms with Gasteiger partial charge < -0.3 is 14.3 Å². The van der Waals surface area contributed by atoms with Crippen LogP contribution in [-0.2, 0) is 0 Å². The number of phenolic OH excluding ortho intramolecular Hbond substituents is 1. The highest BCUT2D eigenvalue weighted by Crippen LogP contribution is 2.44. The molecule has 0 radical (unpaired) electrons. The van der Waals surface area contributed by atoms with Crippen LogP contribution >= 0.6 is 11.3 Å². The van der Waals surface area contributed by atoms with E-state index in [2.05, 4.69) is 4.99 Å². The molecule has 4 aromatic rings. The normalized spacial score (nSPS) is 11.4.